The number of hydrogen-bond acceptors (Lipinski definition) is 5. The van der Waals surface area contributed by atoms with Crippen LogP contribution in [-0.2, 0) is 21.9 Å². The van der Waals surface area contributed by atoms with E-state index >= 15 is 0 Å². The van der Waals surface area contributed by atoms with Crippen LogP contribution in [0.2, 0.25) is 0 Å². The topological polar surface area (TPSA) is 47.6 Å². The molecule has 0 aliphatic heterocycles. The fourth-order valence-electron chi connectivity index (χ4n) is 3.03. The zero-order valence-electron chi connectivity index (χ0n) is 16.4. The molecule has 5 heteroatoms. The van der Waals surface area contributed by atoms with E-state index in [0.29, 0.717) is 11.5 Å². The minimum atomic E-state index is -0.318. The van der Waals surface area contributed by atoms with Gasteiger partial charge in [0.15, 0.2) is 0 Å². The van der Waals surface area contributed by atoms with Crippen molar-refractivity contribution in [2.24, 2.45) is 0 Å². The SMILES string of the molecule is CCc1cccc(CNCC(CC)c2ccccc2C(=O)OSCOC)c1. The second-order valence-corrected chi connectivity index (χ2v) is 7.03. The molecule has 0 bridgehead atoms. The molecule has 0 fully saturated rings. The van der Waals surface area contributed by atoms with Crippen LogP contribution >= 0.6 is 12.0 Å². The van der Waals surface area contributed by atoms with Crippen molar-refractivity contribution >= 4 is 18.0 Å². The number of hydrogen-bond donors (Lipinski definition) is 1. The Balaban J connectivity index is 2.00. The van der Waals surface area contributed by atoms with Crippen molar-refractivity contribution in [1.29, 1.82) is 0 Å². The Hall–Kier alpha value is -1.82. The zero-order valence-corrected chi connectivity index (χ0v) is 17.2. The fourth-order valence-corrected chi connectivity index (χ4v) is 3.38. The van der Waals surface area contributed by atoms with E-state index in [9.17, 15) is 4.79 Å². The van der Waals surface area contributed by atoms with Crippen molar-refractivity contribution in [2.45, 2.75) is 39.2 Å². The highest BCUT2D eigenvalue weighted by Crippen LogP contribution is 2.24. The Morgan fingerprint density at radius 3 is 2.63 bits per heavy atom. The van der Waals surface area contributed by atoms with E-state index in [1.165, 1.54) is 11.1 Å². The number of aryl methyl sites for hydroxylation is 1. The molecule has 1 unspecified atom stereocenters. The summed E-state index contributed by atoms with van der Waals surface area (Å²) in [5.74, 6) is 0.251. The number of carbonyl (C=O) groups excluding carboxylic acids is 1. The standard InChI is InChI=1S/C22H29NO3S/c1-4-17-9-8-10-18(13-17)14-23-15-19(5-2)20-11-6-7-12-21(20)22(24)26-27-16-25-3/h6-13,19,23H,4-5,14-16H2,1-3H3. The summed E-state index contributed by atoms with van der Waals surface area (Å²) in [4.78, 5) is 12.4. The molecule has 2 aromatic carbocycles. The zero-order chi connectivity index (χ0) is 19.5. The van der Waals surface area contributed by atoms with Crippen LogP contribution in [0, 0.1) is 0 Å². The van der Waals surface area contributed by atoms with Crippen molar-refractivity contribution in [3.05, 3.63) is 70.8 Å². The van der Waals surface area contributed by atoms with E-state index in [1.54, 1.807) is 7.11 Å². The largest absolute Gasteiger partial charge is 0.385 e. The first-order chi connectivity index (χ1) is 13.2. The lowest BCUT2D eigenvalue weighted by Gasteiger charge is -2.19. The first kappa shape index (κ1) is 21.5. The third-order valence-electron chi connectivity index (χ3n) is 4.53. The summed E-state index contributed by atoms with van der Waals surface area (Å²) in [6.45, 7) is 5.94. The van der Waals surface area contributed by atoms with Crippen LogP contribution in [0.15, 0.2) is 48.5 Å². The molecule has 0 spiro atoms. The predicted octanol–water partition coefficient (Wildman–Crippen LogP) is 4.94. The maximum Gasteiger partial charge on any atom is 0.350 e. The highest BCUT2D eigenvalue weighted by atomic mass is 32.2. The molecule has 1 N–H and O–H groups in total. The van der Waals surface area contributed by atoms with Gasteiger partial charge in [-0.1, -0.05) is 56.3 Å². The first-order valence-electron chi connectivity index (χ1n) is 9.39. The van der Waals surface area contributed by atoms with Gasteiger partial charge in [-0.3, -0.25) is 0 Å². The molecule has 0 saturated carbocycles. The van der Waals surface area contributed by atoms with E-state index in [-0.39, 0.29) is 11.9 Å². The van der Waals surface area contributed by atoms with Crippen molar-refractivity contribution in [1.82, 2.24) is 5.32 Å². The lowest BCUT2D eigenvalue weighted by Crippen LogP contribution is -2.22. The molecule has 2 rings (SSSR count). The van der Waals surface area contributed by atoms with Gasteiger partial charge in [0, 0.05) is 20.2 Å². The lowest BCUT2D eigenvalue weighted by molar-refractivity contribution is 0.0761. The smallest absolute Gasteiger partial charge is 0.350 e. The monoisotopic (exact) mass is 387 g/mol. The number of rotatable bonds is 11. The molecule has 1 atom stereocenters. The van der Waals surface area contributed by atoms with E-state index < -0.39 is 0 Å². The Kier molecular flexibility index (Phi) is 9.39. The fraction of sp³-hybridized carbons (Fsp3) is 0.409. The Labute approximate surface area is 166 Å². The number of methoxy groups -OCH3 is 1. The van der Waals surface area contributed by atoms with Crippen LogP contribution in [-0.4, -0.2) is 25.6 Å². The molecule has 0 saturated heterocycles. The average Bonchev–Trinajstić information content (AvgIpc) is 2.71. The molecule has 0 aliphatic rings. The Morgan fingerprint density at radius 1 is 1.11 bits per heavy atom. The second-order valence-electron chi connectivity index (χ2n) is 6.39. The van der Waals surface area contributed by atoms with Crippen LogP contribution in [0.1, 0.15) is 53.2 Å². The molecule has 27 heavy (non-hydrogen) atoms. The van der Waals surface area contributed by atoms with Gasteiger partial charge in [0.05, 0.1) is 17.6 Å². The van der Waals surface area contributed by atoms with Gasteiger partial charge >= 0.3 is 5.97 Å². The minimum Gasteiger partial charge on any atom is -0.385 e. The van der Waals surface area contributed by atoms with Crippen molar-refractivity contribution < 1.29 is 13.7 Å². The van der Waals surface area contributed by atoms with Crippen LogP contribution in [0.4, 0.5) is 0 Å². The molecule has 0 aromatic heterocycles. The van der Waals surface area contributed by atoms with Crippen molar-refractivity contribution in [3.63, 3.8) is 0 Å². The van der Waals surface area contributed by atoms with Crippen LogP contribution in [0.25, 0.3) is 0 Å². The highest BCUT2D eigenvalue weighted by molar-refractivity contribution is 7.94. The summed E-state index contributed by atoms with van der Waals surface area (Å²) >= 11 is 1.02. The van der Waals surface area contributed by atoms with Gasteiger partial charge in [-0.2, -0.15) is 0 Å². The normalized spacial score (nSPS) is 12.0. The first-order valence-corrected chi connectivity index (χ1v) is 10.3. The quantitative estimate of drug-likeness (QED) is 0.336. The van der Waals surface area contributed by atoms with E-state index in [2.05, 4.69) is 43.4 Å². The van der Waals surface area contributed by atoms with E-state index in [0.717, 1.165) is 43.5 Å². The third kappa shape index (κ3) is 6.69. The van der Waals surface area contributed by atoms with Gasteiger partial charge in [0.1, 0.15) is 5.94 Å². The molecular weight excluding hydrogens is 358 g/mol. The molecule has 4 nitrogen and oxygen atoms in total. The molecule has 146 valence electrons. The van der Waals surface area contributed by atoms with Crippen LogP contribution < -0.4 is 5.32 Å². The van der Waals surface area contributed by atoms with Gasteiger partial charge in [-0.05, 0) is 41.5 Å². The maximum atomic E-state index is 12.4. The molecule has 0 amide bonds. The van der Waals surface area contributed by atoms with E-state index in [4.69, 9.17) is 8.92 Å². The molecular formula is C22H29NO3S. The minimum absolute atomic E-state index is 0.246. The second kappa shape index (κ2) is 11.8. The predicted molar refractivity (Wildman–Crippen MR) is 112 cm³/mol. The summed E-state index contributed by atoms with van der Waals surface area (Å²) in [6.07, 6.45) is 1.99. The molecule has 0 radical (unpaired) electrons. The Bertz CT molecular complexity index is 720. The number of benzene rings is 2. The summed E-state index contributed by atoms with van der Waals surface area (Å²) in [7, 11) is 1.57. The van der Waals surface area contributed by atoms with E-state index in [1.807, 2.05) is 24.3 Å². The number of ether oxygens (including phenoxy) is 1. The average molecular weight is 388 g/mol. The van der Waals surface area contributed by atoms with Gasteiger partial charge in [-0.15, -0.1) is 0 Å². The van der Waals surface area contributed by atoms with Crippen LogP contribution in [0.3, 0.4) is 0 Å². The summed E-state index contributed by atoms with van der Waals surface area (Å²) in [5, 5.41) is 3.54. The molecule has 2 aromatic rings. The third-order valence-corrected chi connectivity index (χ3v) is 5.13. The van der Waals surface area contributed by atoms with Gasteiger partial charge in [-0.25, -0.2) is 4.79 Å². The van der Waals surface area contributed by atoms with Gasteiger partial charge in [0.25, 0.3) is 0 Å². The molecule has 0 aliphatic carbocycles. The maximum absolute atomic E-state index is 12.4. The lowest BCUT2D eigenvalue weighted by atomic mass is 9.92. The van der Waals surface area contributed by atoms with Crippen molar-refractivity contribution in [3.8, 4) is 0 Å². The van der Waals surface area contributed by atoms with Crippen LogP contribution in [0.5, 0.6) is 0 Å². The Morgan fingerprint density at radius 2 is 1.89 bits per heavy atom. The molecule has 0 heterocycles. The van der Waals surface area contributed by atoms with Gasteiger partial charge < -0.3 is 14.2 Å². The highest BCUT2D eigenvalue weighted by Gasteiger charge is 2.19. The number of nitrogens with one attached hydrogen (secondary N) is 1. The number of carbonyl (C=O) groups is 1. The van der Waals surface area contributed by atoms with Gasteiger partial charge in [0.2, 0.25) is 0 Å². The summed E-state index contributed by atoms with van der Waals surface area (Å²) in [5.41, 5.74) is 4.29. The van der Waals surface area contributed by atoms with Crippen molar-refractivity contribution in [2.75, 3.05) is 19.6 Å². The summed E-state index contributed by atoms with van der Waals surface area (Å²) < 4.78 is 10.1. The summed E-state index contributed by atoms with van der Waals surface area (Å²) in [6, 6.07) is 16.3.